The van der Waals surface area contributed by atoms with Crippen LogP contribution in [0, 0.1) is 0 Å². The zero-order valence-electron chi connectivity index (χ0n) is 9.95. The van der Waals surface area contributed by atoms with E-state index in [9.17, 15) is 0 Å². The molecule has 15 heavy (non-hydrogen) atoms. The van der Waals surface area contributed by atoms with Gasteiger partial charge in [0.1, 0.15) is 0 Å². The average molecular weight is 219 g/mol. The molecule has 0 fully saturated rings. The lowest BCUT2D eigenvalue weighted by Gasteiger charge is -2.06. The van der Waals surface area contributed by atoms with Crippen LogP contribution in [0.25, 0.3) is 6.08 Å². The molecule has 2 heteroatoms. The monoisotopic (exact) mass is 219 g/mol. The minimum Gasteiger partial charge on any atom is -0.548 e. The van der Waals surface area contributed by atoms with E-state index in [1.165, 1.54) is 11.1 Å². The highest BCUT2D eigenvalue weighted by Gasteiger charge is 1.98. The molecular weight excluding hydrogens is 200 g/mol. The molecule has 1 nitrogen and oxygen atoms in total. The van der Waals surface area contributed by atoms with Gasteiger partial charge >= 0.3 is 0 Å². The minimum atomic E-state index is -0.617. The summed E-state index contributed by atoms with van der Waals surface area (Å²) >= 11 is 0. The number of hydrogen-bond acceptors (Lipinski definition) is 1. The van der Waals surface area contributed by atoms with Gasteiger partial charge in [0.2, 0.25) is 0 Å². The molecule has 1 radical (unpaired) electrons. The Morgan fingerprint density at radius 3 is 2.60 bits per heavy atom. The van der Waals surface area contributed by atoms with Crippen molar-refractivity contribution in [3.63, 3.8) is 0 Å². The molecule has 0 amide bonds. The van der Waals surface area contributed by atoms with Crippen molar-refractivity contribution >= 4 is 15.1 Å². The third kappa shape index (κ3) is 4.34. The third-order valence-electron chi connectivity index (χ3n) is 2.14. The van der Waals surface area contributed by atoms with Gasteiger partial charge in [0.25, 0.3) is 9.04 Å². The van der Waals surface area contributed by atoms with Gasteiger partial charge in [0.15, 0.2) is 0 Å². The maximum Gasteiger partial charge on any atom is 0.273 e. The lowest BCUT2D eigenvalue weighted by molar-refractivity contribution is 0.505. The topological polar surface area (TPSA) is 9.23 Å². The molecule has 0 aliphatic carbocycles. The SMILES string of the molecule is CC(C)c1cccc(C=CO[Si](C)C)c1. The van der Waals surface area contributed by atoms with Crippen LogP contribution >= 0.6 is 0 Å². The first-order chi connectivity index (χ1) is 7.09. The van der Waals surface area contributed by atoms with Gasteiger partial charge in [0.05, 0.1) is 6.26 Å². The molecule has 0 atom stereocenters. The molecule has 1 rings (SSSR count). The largest absolute Gasteiger partial charge is 0.548 e. The molecule has 0 saturated heterocycles. The molecule has 1 aromatic carbocycles. The van der Waals surface area contributed by atoms with Crippen molar-refractivity contribution < 1.29 is 4.43 Å². The highest BCUT2D eigenvalue weighted by molar-refractivity contribution is 6.48. The van der Waals surface area contributed by atoms with E-state index in [2.05, 4.69) is 51.2 Å². The van der Waals surface area contributed by atoms with Gasteiger partial charge < -0.3 is 4.43 Å². The molecule has 0 aliphatic heterocycles. The Bertz CT molecular complexity index is 329. The van der Waals surface area contributed by atoms with E-state index < -0.39 is 9.04 Å². The first-order valence-electron chi connectivity index (χ1n) is 5.33. The lowest BCUT2D eigenvalue weighted by Crippen LogP contribution is -2.00. The summed E-state index contributed by atoms with van der Waals surface area (Å²) in [5.74, 6) is 0.580. The van der Waals surface area contributed by atoms with Crippen molar-refractivity contribution in [2.75, 3.05) is 0 Å². The molecule has 0 saturated carbocycles. The summed E-state index contributed by atoms with van der Waals surface area (Å²) < 4.78 is 5.47. The fourth-order valence-electron chi connectivity index (χ4n) is 1.27. The normalized spacial score (nSPS) is 11.6. The summed E-state index contributed by atoms with van der Waals surface area (Å²) in [6.07, 6.45) is 3.84. The maximum absolute atomic E-state index is 5.47. The first kappa shape index (κ1) is 12.0. The second-order valence-electron chi connectivity index (χ2n) is 4.15. The number of hydrogen-bond donors (Lipinski definition) is 0. The highest BCUT2D eigenvalue weighted by atomic mass is 28.3. The van der Waals surface area contributed by atoms with E-state index in [-0.39, 0.29) is 0 Å². The minimum absolute atomic E-state index is 0.580. The summed E-state index contributed by atoms with van der Waals surface area (Å²) in [6.45, 7) is 8.66. The zero-order chi connectivity index (χ0) is 11.3. The van der Waals surface area contributed by atoms with Crippen LogP contribution in [0.3, 0.4) is 0 Å². The Hall–Kier alpha value is -1.02. The van der Waals surface area contributed by atoms with E-state index in [1.54, 1.807) is 0 Å². The van der Waals surface area contributed by atoms with Crippen molar-refractivity contribution in [1.82, 2.24) is 0 Å². The predicted molar refractivity (Wildman–Crippen MR) is 68.1 cm³/mol. The number of benzene rings is 1. The summed E-state index contributed by atoms with van der Waals surface area (Å²) in [5.41, 5.74) is 2.58. The molecule has 0 aliphatic rings. The summed E-state index contributed by atoms with van der Waals surface area (Å²) in [7, 11) is -0.617. The fraction of sp³-hybridized carbons (Fsp3) is 0.385. The van der Waals surface area contributed by atoms with Gasteiger partial charge in [-0.05, 0) is 36.2 Å². The molecule has 0 bridgehead atoms. The molecule has 1 aromatic rings. The molecular formula is C13H19OSi. The van der Waals surface area contributed by atoms with Crippen LogP contribution in [0.1, 0.15) is 30.9 Å². The third-order valence-corrected chi connectivity index (χ3v) is 2.75. The second-order valence-corrected chi connectivity index (χ2v) is 6.21. The highest BCUT2D eigenvalue weighted by Crippen LogP contribution is 2.16. The van der Waals surface area contributed by atoms with Gasteiger partial charge in [-0.2, -0.15) is 0 Å². The first-order valence-corrected chi connectivity index (χ1v) is 7.73. The smallest absolute Gasteiger partial charge is 0.273 e. The van der Waals surface area contributed by atoms with Gasteiger partial charge in [-0.1, -0.05) is 38.1 Å². The van der Waals surface area contributed by atoms with Crippen LogP contribution in [-0.2, 0) is 4.43 Å². The van der Waals surface area contributed by atoms with Crippen LogP contribution in [0.15, 0.2) is 30.5 Å². The second kappa shape index (κ2) is 5.76. The molecule has 0 unspecified atom stereocenters. The van der Waals surface area contributed by atoms with Gasteiger partial charge in [0, 0.05) is 0 Å². The molecule has 0 heterocycles. The quantitative estimate of drug-likeness (QED) is 0.548. The van der Waals surface area contributed by atoms with Crippen LogP contribution in [0.4, 0.5) is 0 Å². The van der Waals surface area contributed by atoms with Crippen LogP contribution in [0.5, 0.6) is 0 Å². The fourth-order valence-corrected chi connectivity index (χ4v) is 1.61. The van der Waals surface area contributed by atoms with E-state index in [0.29, 0.717) is 5.92 Å². The van der Waals surface area contributed by atoms with E-state index in [1.807, 2.05) is 12.3 Å². The summed E-state index contributed by atoms with van der Waals surface area (Å²) in [5, 5.41) is 0. The van der Waals surface area contributed by atoms with Gasteiger partial charge in [-0.3, -0.25) is 0 Å². The van der Waals surface area contributed by atoms with E-state index >= 15 is 0 Å². The number of rotatable bonds is 4. The lowest BCUT2D eigenvalue weighted by atomic mass is 10.0. The van der Waals surface area contributed by atoms with Crippen molar-refractivity contribution in [2.24, 2.45) is 0 Å². The van der Waals surface area contributed by atoms with Crippen molar-refractivity contribution in [3.8, 4) is 0 Å². The average Bonchev–Trinajstić information content (AvgIpc) is 2.17. The summed E-state index contributed by atoms with van der Waals surface area (Å²) in [4.78, 5) is 0. The molecule has 0 spiro atoms. The molecule has 0 N–H and O–H groups in total. The summed E-state index contributed by atoms with van der Waals surface area (Å²) in [6, 6.07) is 8.57. The zero-order valence-corrected chi connectivity index (χ0v) is 10.9. The van der Waals surface area contributed by atoms with Crippen LogP contribution in [0.2, 0.25) is 13.1 Å². The Morgan fingerprint density at radius 2 is 2.00 bits per heavy atom. The maximum atomic E-state index is 5.47. The predicted octanol–water partition coefficient (Wildman–Crippen LogP) is 4.05. The molecule has 0 aromatic heterocycles. The van der Waals surface area contributed by atoms with Gasteiger partial charge in [-0.15, -0.1) is 0 Å². The Morgan fingerprint density at radius 1 is 1.27 bits per heavy atom. The van der Waals surface area contributed by atoms with Crippen LogP contribution < -0.4 is 0 Å². The molecule has 81 valence electrons. The van der Waals surface area contributed by atoms with E-state index in [4.69, 9.17) is 4.43 Å². The van der Waals surface area contributed by atoms with Crippen molar-refractivity contribution in [3.05, 3.63) is 41.7 Å². The Balaban J connectivity index is 2.69. The van der Waals surface area contributed by atoms with Crippen molar-refractivity contribution in [2.45, 2.75) is 32.9 Å². The van der Waals surface area contributed by atoms with Crippen molar-refractivity contribution in [1.29, 1.82) is 0 Å². The van der Waals surface area contributed by atoms with Crippen LogP contribution in [-0.4, -0.2) is 9.04 Å². The van der Waals surface area contributed by atoms with Gasteiger partial charge in [-0.25, -0.2) is 0 Å². The standard InChI is InChI=1S/C13H19OSi/c1-11(2)13-7-5-6-12(10-13)8-9-14-15(3)4/h5-11H,1-4H3. The van der Waals surface area contributed by atoms with E-state index in [0.717, 1.165) is 0 Å². The Kier molecular flexibility index (Phi) is 4.63. The Labute approximate surface area is 94.5 Å².